The molecule has 0 aromatic heterocycles. The monoisotopic (exact) mass is 346 g/mol. The number of para-hydroxylation sites is 2. The molecular weight excluding hydrogens is 324 g/mol. The summed E-state index contributed by atoms with van der Waals surface area (Å²) in [7, 11) is 0. The van der Waals surface area contributed by atoms with Gasteiger partial charge in [-0.2, -0.15) is 0 Å². The Bertz CT molecular complexity index is 690. The number of rotatable bonds is 5. The highest BCUT2D eigenvalue weighted by Crippen LogP contribution is 2.33. The first kappa shape index (κ1) is 17.3. The largest absolute Gasteiger partial charge is 0.481 e. The van der Waals surface area contributed by atoms with E-state index in [-0.39, 0.29) is 36.7 Å². The lowest BCUT2D eigenvalue weighted by atomic mass is 10.1. The van der Waals surface area contributed by atoms with Crippen molar-refractivity contribution < 1.29 is 24.2 Å². The molecule has 0 spiro atoms. The predicted molar refractivity (Wildman–Crippen MR) is 90.4 cm³/mol. The zero-order chi connectivity index (χ0) is 18.0. The third-order valence-corrected chi connectivity index (χ3v) is 4.78. The van der Waals surface area contributed by atoms with E-state index in [9.17, 15) is 14.4 Å². The topological polar surface area (TPSA) is 95.9 Å². The van der Waals surface area contributed by atoms with Gasteiger partial charge in [-0.1, -0.05) is 12.1 Å². The fourth-order valence-electron chi connectivity index (χ4n) is 3.44. The van der Waals surface area contributed by atoms with Crippen LogP contribution in [0.1, 0.15) is 32.6 Å². The number of aliphatic carboxylic acids is 1. The minimum Gasteiger partial charge on any atom is -0.481 e. The van der Waals surface area contributed by atoms with Crippen LogP contribution in [0, 0.1) is 5.92 Å². The standard InChI is InChI=1S/C18H22N2O5/c1-11-17(22)20(14-4-2-3-5-15(14)25-11)9-8-16(21)19-13-7-6-12(10-13)18(23)24/h2-5,11-13H,6-10H2,1H3,(H,19,21)(H,23,24)/t11?,12-,13+/m0/s1. The summed E-state index contributed by atoms with van der Waals surface area (Å²) in [5.41, 5.74) is 0.671. The molecule has 7 nitrogen and oxygen atoms in total. The van der Waals surface area contributed by atoms with E-state index in [2.05, 4.69) is 5.32 Å². The van der Waals surface area contributed by atoms with Gasteiger partial charge in [-0.25, -0.2) is 0 Å². The van der Waals surface area contributed by atoms with Gasteiger partial charge in [0.1, 0.15) is 5.75 Å². The van der Waals surface area contributed by atoms with Gasteiger partial charge in [-0.15, -0.1) is 0 Å². The number of fused-ring (bicyclic) bond motifs is 1. The first-order valence-electron chi connectivity index (χ1n) is 8.55. The van der Waals surface area contributed by atoms with Gasteiger partial charge in [0.05, 0.1) is 11.6 Å². The van der Waals surface area contributed by atoms with Gasteiger partial charge in [0, 0.05) is 19.0 Å². The molecule has 7 heteroatoms. The Kier molecular flexibility index (Phi) is 4.92. The van der Waals surface area contributed by atoms with Gasteiger partial charge in [-0.3, -0.25) is 14.4 Å². The minimum absolute atomic E-state index is 0.0970. The van der Waals surface area contributed by atoms with Crippen LogP contribution in [0.25, 0.3) is 0 Å². The van der Waals surface area contributed by atoms with E-state index in [0.717, 1.165) is 0 Å². The van der Waals surface area contributed by atoms with E-state index >= 15 is 0 Å². The van der Waals surface area contributed by atoms with Crippen LogP contribution in [0.4, 0.5) is 5.69 Å². The summed E-state index contributed by atoms with van der Waals surface area (Å²) in [5, 5.41) is 11.9. The number of carboxylic acids is 1. The second kappa shape index (κ2) is 7.13. The average molecular weight is 346 g/mol. The van der Waals surface area contributed by atoms with Gasteiger partial charge < -0.3 is 20.1 Å². The lowest BCUT2D eigenvalue weighted by Crippen LogP contribution is -2.46. The highest BCUT2D eigenvalue weighted by atomic mass is 16.5. The van der Waals surface area contributed by atoms with Crippen molar-refractivity contribution in [3.63, 3.8) is 0 Å². The molecular formula is C18H22N2O5. The Morgan fingerprint density at radius 1 is 1.32 bits per heavy atom. The third-order valence-electron chi connectivity index (χ3n) is 4.78. The number of hydrogen-bond donors (Lipinski definition) is 2. The molecule has 134 valence electrons. The number of benzene rings is 1. The van der Waals surface area contributed by atoms with Crippen molar-refractivity contribution in [2.75, 3.05) is 11.4 Å². The zero-order valence-electron chi connectivity index (χ0n) is 14.1. The Labute approximate surface area is 146 Å². The minimum atomic E-state index is -0.804. The van der Waals surface area contributed by atoms with Gasteiger partial charge in [0.25, 0.3) is 5.91 Å². The van der Waals surface area contributed by atoms with Crippen molar-refractivity contribution >= 4 is 23.5 Å². The molecule has 25 heavy (non-hydrogen) atoms. The summed E-state index contributed by atoms with van der Waals surface area (Å²) in [6, 6.07) is 7.16. The molecule has 1 aromatic rings. The van der Waals surface area contributed by atoms with Crippen molar-refractivity contribution in [3.05, 3.63) is 24.3 Å². The Balaban J connectivity index is 1.57. The maximum absolute atomic E-state index is 12.4. The van der Waals surface area contributed by atoms with Crippen molar-refractivity contribution in [2.45, 2.75) is 44.8 Å². The van der Waals surface area contributed by atoms with Crippen LogP contribution in [0.15, 0.2) is 24.3 Å². The summed E-state index contributed by atoms with van der Waals surface area (Å²) in [6.45, 7) is 1.96. The van der Waals surface area contributed by atoms with E-state index in [0.29, 0.717) is 30.7 Å². The molecule has 1 fully saturated rings. The lowest BCUT2D eigenvalue weighted by Gasteiger charge is -2.32. The van der Waals surface area contributed by atoms with Gasteiger partial charge in [-0.05, 0) is 38.3 Å². The van der Waals surface area contributed by atoms with E-state index in [1.165, 1.54) is 0 Å². The lowest BCUT2D eigenvalue weighted by molar-refractivity contribution is -0.141. The Morgan fingerprint density at radius 3 is 2.80 bits per heavy atom. The second-order valence-corrected chi connectivity index (χ2v) is 6.58. The number of ether oxygens (including phenoxy) is 1. The van der Waals surface area contributed by atoms with E-state index in [4.69, 9.17) is 9.84 Å². The van der Waals surface area contributed by atoms with Crippen LogP contribution in [-0.4, -0.2) is 41.6 Å². The molecule has 2 aliphatic rings. The Hall–Kier alpha value is -2.57. The van der Waals surface area contributed by atoms with Crippen molar-refractivity contribution in [1.29, 1.82) is 0 Å². The second-order valence-electron chi connectivity index (χ2n) is 6.58. The highest BCUT2D eigenvalue weighted by Gasteiger charge is 2.33. The van der Waals surface area contributed by atoms with Crippen LogP contribution < -0.4 is 15.0 Å². The number of nitrogens with zero attached hydrogens (tertiary/aromatic N) is 1. The zero-order valence-corrected chi connectivity index (χ0v) is 14.1. The van der Waals surface area contributed by atoms with Crippen LogP contribution in [0.3, 0.4) is 0 Å². The molecule has 0 saturated heterocycles. The number of carboxylic acid groups (broad SMARTS) is 1. The molecule has 0 bridgehead atoms. The highest BCUT2D eigenvalue weighted by molar-refractivity contribution is 6.00. The average Bonchev–Trinajstić information content (AvgIpc) is 3.04. The molecule has 1 saturated carbocycles. The molecule has 1 aliphatic carbocycles. The molecule has 3 rings (SSSR count). The van der Waals surface area contributed by atoms with Gasteiger partial charge in [0.15, 0.2) is 6.10 Å². The van der Waals surface area contributed by atoms with Crippen LogP contribution >= 0.6 is 0 Å². The maximum Gasteiger partial charge on any atom is 0.306 e. The fraction of sp³-hybridized carbons (Fsp3) is 0.500. The number of amides is 2. The molecule has 1 unspecified atom stereocenters. The summed E-state index contributed by atoms with van der Waals surface area (Å²) < 4.78 is 5.58. The van der Waals surface area contributed by atoms with Crippen molar-refractivity contribution in [3.8, 4) is 5.75 Å². The molecule has 1 heterocycles. The van der Waals surface area contributed by atoms with Gasteiger partial charge in [0.2, 0.25) is 5.91 Å². The SMILES string of the molecule is CC1Oc2ccccc2N(CCC(=O)N[C@@H]2CC[C@H](C(=O)O)C2)C1=O. The molecule has 3 atom stereocenters. The van der Waals surface area contributed by atoms with E-state index in [1.54, 1.807) is 24.0 Å². The number of carbonyl (C=O) groups excluding carboxylic acids is 2. The van der Waals surface area contributed by atoms with Crippen LogP contribution in [0.2, 0.25) is 0 Å². The quantitative estimate of drug-likeness (QED) is 0.843. The molecule has 2 N–H and O–H groups in total. The molecule has 1 aliphatic heterocycles. The number of anilines is 1. The van der Waals surface area contributed by atoms with E-state index in [1.807, 2.05) is 12.1 Å². The third kappa shape index (κ3) is 3.75. The fourth-order valence-corrected chi connectivity index (χ4v) is 3.44. The number of hydrogen-bond acceptors (Lipinski definition) is 4. The summed E-state index contributed by atoms with van der Waals surface area (Å²) >= 11 is 0. The van der Waals surface area contributed by atoms with Crippen molar-refractivity contribution in [1.82, 2.24) is 5.32 Å². The predicted octanol–water partition coefficient (Wildman–Crippen LogP) is 1.56. The van der Waals surface area contributed by atoms with E-state index < -0.39 is 12.1 Å². The maximum atomic E-state index is 12.4. The van der Waals surface area contributed by atoms with Crippen LogP contribution in [0.5, 0.6) is 5.75 Å². The van der Waals surface area contributed by atoms with Crippen molar-refractivity contribution in [2.24, 2.45) is 5.92 Å². The summed E-state index contributed by atoms with van der Waals surface area (Å²) in [6.07, 6.45) is 1.33. The number of carbonyl (C=O) groups is 3. The summed E-state index contributed by atoms with van der Waals surface area (Å²) in [5.74, 6) is -0.881. The van der Waals surface area contributed by atoms with Crippen LogP contribution in [-0.2, 0) is 14.4 Å². The number of nitrogens with one attached hydrogen (secondary N) is 1. The smallest absolute Gasteiger partial charge is 0.306 e. The van der Waals surface area contributed by atoms with Gasteiger partial charge >= 0.3 is 5.97 Å². The normalized spacial score (nSPS) is 25.2. The molecule has 2 amide bonds. The summed E-state index contributed by atoms with van der Waals surface area (Å²) in [4.78, 5) is 37.1. The molecule has 1 aromatic carbocycles. The molecule has 0 radical (unpaired) electrons. The first-order chi connectivity index (χ1) is 12.0. The Morgan fingerprint density at radius 2 is 2.08 bits per heavy atom. The first-order valence-corrected chi connectivity index (χ1v) is 8.55.